The summed E-state index contributed by atoms with van der Waals surface area (Å²) in [6, 6.07) is 11.4. The molecular formula is C18H12F3O4-. The summed E-state index contributed by atoms with van der Waals surface area (Å²) in [5.41, 5.74) is 0.0952. The van der Waals surface area contributed by atoms with Crippen LogP contribution in [0.5, 0.6) is 17.2 Å². The van der Waals surface area contributed by atoms with Gasteiger partial charge in [0, 0.05) is 17.2 Å². The lowest BCUT2D eigenvalue weighted by Gasteiger charge is -2.29. The number of carbonyl (C=O) groups is 1. The number of para-hydroxylation sites is 1. The molecule has 1 heterocycles. The number of carboxylic acid groups (broad SMARTS) is 1. The summed E-state index contributed by atoms with van der Waals surface area (Å²) in [4.78, 5) is 11.0. The number of aryl methyl sites for hydroxylation is 1. The molecule has 130 valence electrons. The number of hydrogen-bond acceptors (Lipinski definition) is 4. The summed E-state index contributed by atoms with van der Waals surface area (Å²) in [7, 11) is 0. The minimum absolute atomic E-state index is 0.113. The number of alkyl halides is 3. The number of halogens is 3. The molecule has 0 bridgehead atoms. The fourth-order valence-electron chi connectivity index (χ4n) is 2.44. The van der Waals surface area contributed by atoms with E-state index in [-0.39, 0.29) is 17.1 Å². The molecule has 7 heteroatoms. The summed E-state index contributed by atoms with van der Waals surface area (Å²) in [5, 5.41) is 11.0. The van der Waals surface area contributed by atoms with Gasteiger partial charge in [-0.25, -0.2) is 0 Å². The van der Waals surface area contributed by atoms with E-state index in [1.165, 1.54) is 18.2 Å². The van der Waals surface area contributed by atoms with Crippen LogP contribution < -0.4 is 14.6 Å². The van der Waals surface area contributed by atoms with E-state index in [0.717, 1.165) is 11.6 Å². The van der Waals surface area contributed by atoms with Crippen molar-refractivity contribution in [2.75, 3.05) is 0 Å². The standard InChI is InChI=1S/C18H13F3O4/c1-10-4-2-3-5-14(10)24-12-7-6-11-8-13(17(22)23)16(18(19,20)21)25-15(11)9-12/h2-9,16H,1H3,(H,22,23)/p-1. The molecule has 0 saturated heterocycles. The van der Waals surface area contributed by atoms with E-state index in [2.05, 4.69) is 0 Å². The van der Waals surface area contributed by atoms with E-state index in [4.69, 9.17) is 9.47 Å². The van der Waals surface area contributed by atoms with Crippen LogP contribution in [0, 0.1) is 6.92 Å². The number of hydrogen-bond donors (Lipinski definition) is 0. The zero-order valence-corrected chi connectivity index (χ0v) is 13.0. The van der Waals surface area contributed by atoms with Gasteiger partial charge >= 0.3 is 6.18 Å². The number of benzene rings is 2. The lowest BCUT2D eigenvalue weighted by Crippen LogP contribution is -2.44. The maximum atomic E-state index is 13.1. The predicted octanol–water partition coefficient (Wildman–Crippen LogP) is 3.24. The van der Waals surface area contributed by atoms with E-state index in [1.54, 1.807) is 12.1 Å². The third-order valence-corrected chi connectivity index (χ3v) is 3.68. The number of fused-ring (bicyclic) bond motifs is 1. The molecule has 4 nitrogen and oxygen atoms in total. The van der Waals surface area contributed by atoms with E-state index in [1.807, 2.05) is 19.1 Å². The Bertz CT molecular complexity index is 856. The van der Waals surface area contributed by atoms with Crippen molar-refractivity contribution in [1.29, 1.82) is 0 Å². The van der Waals surface area contributed by atoms with Crippen LogP contribution in [0.3, 0.4) is 0 Å². The van der Waals surface area contributed by atoms with Gasteiger partial charge in [0.05, 0.1) is 5.97 Å². The second-order valence-electron chi connectivity index (χ2n) is 5.49. The Kier molecular flexibility index (Phi) is 4.16. The fraction of sp³-hybridized carbons (Fsp3) is 0.167. The Morgan fingerprint density at radius 1 is 1.20 bits per heavy atom. The van der Waals surface area contributed by atoms with Crippen molar-refractivity contribution in [1.82, 2.24) is 0 Å². The zero-order chi connectivity index (χ0) is 18.2. The Morgan fingerprint density at radius 2 is 1.92 bits per heavy atom. The molecule has 0 aliphatic carbocycles. The van der Waals surface area contributed by atoms with Crippen LogP contribution in [0.15, 0.2) is 48.0 Å². The molecule has 3 rings (SSSR count). The number of rotatable bonds is 3. The van der Waals surface area contributed by atoms with Crippen molar-refractivity contribution in [2.24, 2.45) is 0 Å². The number of carboxylic acids is 1. The monoisotopic (exact) mass is 349 g/mol. The first-order valence-electron chi connectivity index (χ1n) is 7.29. The highest BCUT2D eigenvalue weighted by Gasteiger charge is 2.46. The highest BCUT2D eigenvalue weighted by Crippen LogP contribution is 2.39. The molecule has 0 fully saturated rings. The summed E-state index contributed by atoms with van der Waals surface area (Å²) in [6.45, 7) is 1.83. The smallest absolute Gasteiger partial charge is 0.429 e. The van der Waals surface area contributed by atoms with Crippen LogP contribution in [-0.4, -0.2) is 18.2 Å². The van der Waals surface area contributed by atoms with Gasteiger partial charge in [-0.15, -0.1) is 0 Å². The van der Waals surface area contributed by atoms with E-state index < -0.39 is 23.8 Å². The molecule has 0 spiro atoms. The van der Waals surface area contributed by atoms with Gasteiger partial charge < -0.3 is 19.4 Å². The Labute approximate surface area is 141 Å². The normalized spacial score (nSPS) is 16.5. The average molecular weight is 349 g/mol. The third kappa shape index (κ3) is 3.45. The van der Waals surface area contributed by atoms with Crippen molar-refractivity contribution in [3.8, 4) is 17.2 Å². The summed E-state index contributed by atoms with van der Waals surface area (Å²) >= 11 is 0. The Balaban J connectivity index is 1.96. The van der Waals surface area contributed by atoms with E-state index in [9.17, 15) is 23.1 Å². The van der Waals surface area contributed by atoms with Crippen molar-refractivity contribution in [3.05, 3.63) is 59.2 Å². The topological polar surface area (TPSA) is 58.6 Å². The Hall–Kier alpha value is -2.96. The van der Waals surface area contributed by atoms with Crippen molar-refractivity contribution in [3.63, 3.8) is 0 Å². The van der Waals surface area contributed by atoms with Crippen molar-refractivity contribution in [2.45, 2.75) is 19.2 Å². The molecule has 25 heavy (non-hydrogen) atoms. The highest BCUT2D eigenvalue weighted by molar-refractivity contribution is 5.93. The van der Waals surface area contributed by atoms with Gasteiger partial charge in [-0.3, -0.25) is 0 Å². The maximum Gasteiger partial charge on any atom is 0.429 e. The van der Waals surface area contributed by atoms with Gasteiger partial charge in [-0.1, -0.05) is 18.2 Å². The molecule has 1 atom stereocenters. The molecular weight excluding hydrogens is 337 g/mol. The van der Waals surface area contributed by atoms with Crippen molar-refractivity contribution < 1.29 is 32.5 Å². The molecule has 1 aliphatic heterocycles. The Morgan fingerprint density at radius 3 is 2.56 bits per heavy atom. The number of aliphatic carboxylic acids is 1. The van der Waals surface area contributed by atoms with Crippen LogP contribution >= 0.6 is 0 Å². The second-order valence-corrected chi connectivity index (χ2v) is 5.49. The summed E-state index contributed by atoms with van der Waals surface area (Å²) < 4.78 is 49.7. The van der Waals surface area contributed by atoms with E-state index in [0.29, 0.717) is 5.75 Å². The van der Waals surface area contributed by atoms with Crippen LogP contribution in [0.2, 0.25) is 0 Å². The van der Waals surface area contributed by atoms with Crippen LogP contribution in [-0.2, 0) is 4.79 Å². The summed E-state index contributed by atoms with van der Waals surface area (Å²) in [5.74, 6) is -1.21. The second kappa shape index (κ2) is 6.16. The van der Waals surface area contributed by atoms with Gasteiger partial charge in [0.2, 0.25) is 6.10 Å². The zero-order valence-electron chi connectivity index (χ0n) is 13.0. The molecule has 0 amide bonds. The molecule has 2 aromatic rings. The average Bonchev–Trinajstić information content (AvgIpc) is 2.55. The third-order valence-electron chi connectivity index (χ3n) is 3.68. The van der Waals surface area contributed by atoms with Gasteiger partial charge in [0.1, 0.15) is 17.2 Å². The van der Waals surface area contributed by atoms with Crippen molar-refractivity contribution >= 4 is 12.0 Å². The molecule has 0 aromatic heterocycles. The van der Waals surface area contributed by atoms with Gasteiger partial charge in [0.15, 0.2) is 0 Å². The van der Waals surface area contributed by atoms with E-state index >= 15 is 0 Å². The minimum atomic E-state index is -4.88. The predicted molar refractivity (Wildman–Crippen MR) is 81.2 cm³/mol. The molecule has 1 aliphatic rings. The largest absolute Gasteiger partial charge is 0.545 e. The first-order valence-corrected chi connectivity index (χ1v) is 7.29. The summed E-state index contributed by atoms with van der Waals surface area (Å²) in [6.07, 6.45) is -6.56. The van der Waals surface area contributed by atoms with Gasteiger partial charge in [-0.05, 0) is 36.8 Å². The molecule has 0 saturated carbocycles. The van der Waals surface area contributed by atoms with Crippen LogP contribution in [0.25, 0.3) is 6.08 Å². The highest BCUT2D eigenvalue weighted by atomic mass is 19.4. The van der Waals surface area contributed by atoms with Gasteiger partial charge in [0.25, 0.3) is 0 Å². The molecule has 1 unspecified atom stereocenters. The maximum absolute atomic E-state index is 13.1. The molecule has 0 N–H and O–H groups in total. The SMILES string of the molecule is Cc1ccccc1Oc1ccc2c(c1)OC(C(F)(F)F)C(C(=O)[O-])=C2. The quantitative estimate of drug-likeness (QED) is 0.854. The lowest BCUT2D eigenvalue weighted by molar-refractivity contribution is -0.302. The number of ether oxygens (including phenoxy) is 2. The first kappa shape index (κ1) is 16.9. The first-order chi connectivity index (χ1) is 11.8. The number of carbonyl (C=O) groups excluding carboxylic acids is 1. The molecule has 2 aromatic carbocycles. The molecule has 0 radical (unpaired) electrons. The van der Waals surface area contributed by atoms with Crippen LogP contribution in [0.4, 0.5) is 13.2 Å². The lowest BCUT2D eigenvalue weighted by atomic mass is 10.0. The minimum Gasteiger partial charge on any atom is -0.545 e. The fourth-order valence-corrected chi connectivity index (χ4v) is 2.44. The van der Waals surface area contributed by atoms with Gasteiger partial charge in [-0.2, -0.15) is 13.2 Å². The van der Waals surface area contributed by atoms with Crippen LogP contribution in [0.1, 0.15) is 11.1 Å².